The van der Waals surface area contributed by atoms with E-state index in [0.29, 0.717) is 12.3 Å². The Morgan fingerprint density at radius 2 is 2.08 bits per heavy atom. The molecule has 4 nitrogen and oxygen atoms in total. The minimum Gasteiger partial charge on any atom is -0.493 e. The average molecular weight is 343 g/mol. The lowest BCUT2D eigenvalue weighted by atomic mass is 9.74. The Kier molecular flexibility index (Phi) is 4.98. The van der Waals surface area contributed by atoms with Gasteiger partial charge in [-0.05, 0) is 54.4 Å². The molecule has 0 bridgehead atoms. The van der Waals surface area contributed by atoms with Crippen molar-refractivity contribution in [3.8, 4) is 5.75 Å². The van der Waals surface area contributed by atoms with Crippen LogP contribution in [0.3, 0.4) is 0 Å². The van der Waals surface area contributed by atoms with Gasteiger partial charge in [0.1, 0.15) is 5.75 Å². The first-order valence-corrected chi connectivity index (χ1v) is 9.92. The van der Waals surface area contributed by atoms with Crippen molar-refractivity contribution in [2.75, 3.05) is 6.61 Å². The number of ether oxygens (including phenoxy) is 1. The standard InChI is InChI=1S/C21H29NO3/c23-18-12-17(13-18)21(16-6-7-19-15(11-16)9-10-25-19)22-20(24)8-5-14-3-1-2-4-14/h6-7,11,14,17-18,21,23H,1-5,8-10,12-13H2,(H,22,24)/t17?,18?,21-/m0/s1. The number of amides is 1. The van der Waals surface area contributed by atoms with Crippen LogP contribution in [-0.4, -0.2) is 23.7 Å². The summed E-state index contributed by atoms with van der Waals surface area (Å²) in [6.45, 7) is 0.749. The predicted molar refractivity (Wildman–Crippen MR) is 96.4 cm³/mol. The Balaban J connectivity index is 1.42. The van der Waals surface area contributed by atoms with E-state index in [1.807, 2.05) is 6.07 Å². The van der Waals surface area contributed by atoms with Gasteiger partial charge in [0, 0.05) is 12.8 Å². The zero-order valence-electron chi connectivity index (χ0n) is 14.9. The second-order valence-corrected chi connectivity index (χ2v) is 8.09. The molecular formula is C21H29NO3. The number of rotatable bonds is 6. The maximum absolute atomic E-state index is 12.5. The molecule has 1 aromatic carbocycles. The van der Waals surface area contributed by atoms with Crippen LogP contribution in [-0.2, 0) is 11.2 Å². The molecule has 0 saturated heterocycles. The van der Waals surface area contributed by atoms with Crippen molar-refractivity contribution in [3.05, 3.63) is 29.3 Å². The van der Waals surface area contributed by atoms with Gasteiger partial charge in [0.05, 0.1) is 18.8 Å². The molecule has 136 valence electrons. The Morgan fingerprint density at radius 1 is 1.28 bits per heavy atom. The zero-order chi connectivity index (χ0) is 17.2. The first-order chi connectivity index (χ1) is 12.2. The highest BCUT2D eigenvalue weighted by Crippen LogP contribution is 2.40. The molecule has 0 spiro atoms. The first kappa shape index (κ1) is 16.9. The van der Waals surface area contributed by atoms with Crippen molar-refractivity contribution in [2.24, 2.45) is 11.8 Å². The van der Waals surface area contributed by atoms with Gasteiger partial charge in [-0.15, -0.1) is 0 Å². The number of carbonyl (C=O) groups excluding carboxylic acids is 1. The van der Waals surface area contributed by atoms with Gasteiger partial charge in [-0.2, -0.15) is 0 Å². The maximum Gasteiger partial charge on any atom is 0.220 e. The summed E-state index contributed by atoms with van der Waals surface area (Å²) in [6, 6.07) is 6.32. The third-order valence-electron chi connectivity index (χ3n) is 6.26. The van der Waals surface area contributed by atoms with Gasteiger partial charge < -0.3 is 15.2 Å². The summed E-state index contributed by atoms with van der Waals surface area (Å²) < 4.78 is 5.60. The molecule has 2 aliphatic carbocycles. The number of hydrogen-bond donors (Lipinski definition) is 2. The van der Waals surface area contributed by atoms with Crippen molar-refractivity contribution in [1.82, 2.24) is 5.32 Å². The van der Waals surface area contributed by atoms with Gasteiger partial charge >= 0.3 is 0 Å². The lowest BCUT2D eigenvalue weighted by Crippen LogP contribution is -2.41. The molecule has 2 fully saturated rings. The molecule has 0 aromatic heterocycles. The molecule has 2 saturated carbocycles. The van der Waals surface area contributed by atoms with Crippen LogP contribution in [0.25, 0.3) is 0 Å². The molecule has 25 heavy (non-hydrogen) atoms. The fourth-order valence-electron chi connectivity index (χ4n) is 4.66. The van der Waals surface area contributed by atoms with Crippen molar-refractivity contribution in [1.29, 1.82) is 0 Å². The van der Waals surface area contributed by atoms with Crippen LogP contribution in [0.2, 0.25) is 0 Å². The molecule has 3 aliphatic rings. The Hall–Kier alpha value is -1.55. The zero-order valence-corrected chi connectivity index (χ0v) is 14.9. The molecule has 1 heterocycles. The molecule has 4 rings (SSSR count). The van der Waals surface area contributed by atoms with E-state index in [9.17, 15) is 9.90 Å². The maximum atomic E-state index is 12.5. The number of aliphatic hydroxyl groups excluding tert-OH is 1. The Bertz CT molecular complexity index is 618. The number of carbonyl (C=O) groups is 1. The molecule has 0 radical (unpaired) electrons. The van der Waals surface area contributed by atoms with Gasteiger partial charge in [-0.1, -0.05) is 31.7 Å². The van der Waals surface area contributed by atoms with E-state index < -0.39 is 0 Å². The third-order valence-corrected chi connectivity index (χ3v) is 6.26. The molecule has 1 aromatic rings. The van der Waals surface area contributed by atoms with Crippen molar-refractivity contribution in [3.63, 3.8) is 0 Å². The van der Waals surface area contributed by atoms with E-state index in [2.05, 4.69) is 17.4 Å². The minimum absolute atomic E-state index is 0.0189. The normalized spacial score (nSPS) is 26.6. The fourth-order valence-corrected chi connectivity index (χ4v) is 4.66. The van der Waals surface area contributed by atoms with Gasteiger partial charge in [0.15, 0.2) is 0 Å². The Labute approximate surface area is 150 Å². The van der Waals surface area contributed by atoms with Crippen molar-refractivity contribution >= 4 is 5.91 Å². The van der Waals surface area contributed by atoms with Gasteiger partial charge in [0.2, 0.25) is 5.91 Å². The summed E-state index contributed by atoms with van der Waals surface area (Å²) in [5.41, 5.74) is 2.40. The minimum atomic E-state index is -0.208. The van der Waals surface area contributed by atoms with Crippen LogP contribution < -0.4 is 10.1 Å². The van der Waals surface area contributed by atoms with E-state index in [-0.39, 0.29) is 18.1 Å². The Morgan fingerprint density at radius 3 is 2.84 bits per heavy atom. The predicted octanol–water partition coefficient (Wildman–Crippen LogP) is 3.52. The van der Waals surface area contributed by atoms with Gasteiger partial charge in [-0.3, -0.25) is 4.79 Å². The monoisotopic (exact) mass is 343 g/mol. The molecule has 0 unspecified atom stereocenters. The smallest absolute Gasteiger partial charge is 0.220 e. The van der Waals surface area contributed by atoms with Crippen LogP contribution in [0.4, 0.5) is 0 Å². The number of nitrogens with one attached hydrogen (secondary N) is 1. The van der Waals surface area contributed by atoms with Crippen LogP contribution >= 0.6 is 0 Å². The molecule has 4 heteroatoms. The van der Waals surface area contributed by atoms with Crippen LogP contribution in [0, 0.1) is 11.8 Å². The van der Waals surface area contributed by atoms with E-state index in [1.54, 1.807) is 0 Å². The van der Waals surface area contributed by atoms with Gasteiger partial charge in [0.25, 0.3) is 0 Å². The summed E-state index contributed by atoms with van der Waals surface area (Å²) in [5, 5.41) is 13.0. The van der Waals surface area contributed by atoms with Crippen LogP contribution in [0.5, 0.6) is 5.75 Å². The van der Waals surface area contributed by atoms with E-state index >= 15 is 0 Å². The lowest BCUT2D eigenvalue weighted by Gasteiger charge is -2.38. The average Bonchev–Trinajstić information content (AvgIpc) is 3.25. The molecule has 1 atom stereocenters. The summed E-state index contributed by atoms with van der Waals surface area (Å²) in [7, 11) is 0. The molecular weight excluding hydrogens is 314 g/mol. The van der Waals surface area contributed by atoms with Crippen LogP contribution in [0.15, 0.2) is 18.2 Å². The summed E-state index contributed by atoms with van der Waals surface area (Å²) in [5.74, 6) is 2.22. The number of aliphatic hydroxyl groups is 1. The second kappa shape index (κ2) is 7.36. The summed E-state index contributed by atoms with van der Waals surface area (Å²) >= 11 is 0. The van der Waals surface area contributed by atoms with Gasteiger partial charge in [-0.25, -0.2) is 0 Å². The topological polar surface area (TPSA) is 58.6 Å². The molecule has 1 amide bonds. The number of hydrogen-bond acceptors (Lipinski definition) is 3. The first-order valence-electron chi connectivity index (χ1n) is 9.92. The number of benzene rings is 1. The summed E-state index contributed by atoms with van der Waals surface area (Å²) in [4.78, 5) is 12.5. The van der Waals surface area contributed by atoms with Crippen molar-refractivity contribution < 1.29 is 14.6 Å². The molecule has 2 N–H and O–H groups in total. The molecule has 1 aliphatic heterocycles. The third kappa shape index (κ3) is 3.84. The number of fused-ring (bicyclic) bond motifs is 1. The lowest BCUT2D eigenvalue weighted by molar-refractivity contribution is -0.123. The second-order valence-electron chi connectivity index (χ2n) is 8.09. The van der Waals surface area contributed by atoms with Crippen LogP contribution in [0.1, 0.15) is 68.5 Å². The highest BCUT2D eigenvalue weighted by atomic mass is 16.5. The van der Waals surface area contributed by atoms with Crippen molar-refractivity contribution in [2.45, 2.75) is 69.9 Å². The highest BCUT2D eigenvalue weighted by molar-refractivity contribution is 5.76. The largest absolute Gasteiger partial charge is 0.493 e. The quantitative estimate of drug-likeness (QED) is 0.831. The van der Waals surface area contributed by atoms with E-state index in [4.69, 9.17) is 4.74 Å². The summed E-state index contributed by atoms with van der Waals surface area (Å²) in [6.07, 6.45) is 9.17. The SMILES string of the molecule is O=C(CCC1CCCC1)N[C@@H](c1ccc2c(c1)CCO2)C1CC(O)C1. The fraction of sp³-hybridized carbons (Fsp3) is 0.667. The van der Waals surface area contributed by atoms with E-state index in [0.717, 1.165) is 49.5 Å². The van der Waals surface area contributed by atoms with E-state index in [1.165, 1.54) is 31.2 Å². The highest BCUT2D eigenvalue weighted by Gasteiger charge is 2.36.